The molecule has 0 saturated heterocycles. The molecule has 2 fully saturated rings. The van der Waals surface area contributed by atoms with Gasteiger partial charge in [0.05, 0.1) is 6.26 Å². The number of rotatable bonds is 4. The average Bonchev–Trinajstić information content (AvgIpc) is 2.96. The van der Waals surface area contributed by atoms with E-state index in [1.165, 1.54) is 19.3 Å². The third-order valence-electron chi connectivity index (χ3n) is 3.88. The minimum atomic E-state index is -3.18. The Balaban J connectivity index is 1.64. The summed E-state index contributed by atoms with van der Waals surface area (Å²) in [7, 11) is -3.18. The van der Waals surface area contributed by atoms with Crippen LogP contribution in [0.25, 0.3) is 0 Å². The van der Waals surface area contributed by atoms with Gasteiger partial charge in [0, 0.05) is 17.4 Å². The SMILES string of the molecule is CS(=O)(=O)Nc1ccc(NC2CCC3CC32)cc1. The number of hydrogen-bond donors (Lipinski definition) is 2. The zero-order valence-electron chi connectivity index (χ0n) is 10.4. The molecular weight excluding hydrogens is 248 g/mol. The average molecular weight is 266 g/mol. The zero-order chi connectivity index (χ0) is 12.8. The largest absolute Gasteiger partial charge is 0.382 e. The lowest BCUT2D eigenvalue weighted by Crippen LogP contribution is -2.18. The first-order valence-corrected chi connectivity index (χ1v) is 8.25. The quantitative estimate of drug-likeness (QED) is 0.879. The Kier molecular flexibility index (Phi) is 2.73. The molecule has 2 N–H and O–H groups in total. The highest BCUT2D eigenvalue weighted by molar-refractivity contribution is 7.92. The van der Waals surface area contributed by atoms with Gasteiger partial charge in [0.15, 0.2) is 0 Å². The van der Waals surface area contributed by atoms with Crippen molar-refractivity contribution in [1.29, 1.82) is 0 Å². The van der Waals surface area contributed by atoms with Crippen molar-refractivity contribution in [1.82, 2.24) is 0 Å². The summed E-state index contributed by atoms with van der Waals surface area (Å²) in [6.07, 6.45) is 5.16. The second kappa shape index (κ2) is 4.16. The van der Waals surface area contributed by atoms with Gasteiger partial charge in [-0.25, -0.2) is 8.42 Å². The van der Waals surface area contributed by atoms with Gasteiger partial charge >= 0.3 is 0 Å². The molecule has 0 radical (unpaired) electrons. The summed E-state index contributed by atoms with van der Waals surface area (Å²) in [4.78, 5) is 0. The van der Waals surface area contributed by atoms with Crippen LogP contribution in [0.1, 0.15) is 19.3 Å². The van der Waals surface area contributed by atoms with E-state index in [0.717, 1.165) is 23.8 Å². The van der Waals surface area contributed by atoms with Gasteiger partial charge in [0.1, 0.15) is 0 Å². The third kappa shape index (κ3) is 2.61. The monoisotopic (exact) mass is 266 g/mol. The summed E-state index contributed by atoms with van der Waals surface area (Å²) < 4.78 is 24.6. The molecule has 5 heteroatoms. The summed E-state index contributed by atoms with van der Waals surface area (Å²) >= 11 is 0. The lowest BCUT2D eigenvalue weighted by Gasteiger charge is -2.16. The molecule has 3 rings (SSSR count). The number of nitrogens with one attached hydrogen (secondary N) is 2. The van der Waals surface area contributed by atoms with Crippen LogP contribution in [0.5, 0.6) is 0 Å². The number of hydrogen-bond acceptors (Lipinski definition) is 3. The van der Waals surface area contributed by atoms with Crippen molar-refractivity contribution in [2.24, 2.45) is 11.8 Å². The van der Waals surface area contributed by atoms with Crippen molar-refractivity contribution >= 4 is 21.4 Å². The Morgan fingerprint density at radius 3 is 2.28 bits per heavy atom. The second-order valence-electron chi connectivity index (χ2n) is 5.44. The second-order valence-corrected chi connectivity index (χ2v) is 7.19. The molecule has 2 saturated carbocycles. The molecule has 0 aliphatic heterocycles. The molecule has 3 atom stereocenters. The topological polar surface area (TPSA) is 58.2 Å². The van der Waals surface area contributed by atoms with E-state index >= 15 is 0 Å². The van der Waals surface area contributed by atoms with Gasteiger partial charge in [-0.3, -0.25) is 4.72 Å². The first-order chi connectivity index (χ1) is 8.51. The van der Waals surface area contributed by atoms with Crippen LogP contribution in [0.15, 0.2) is 24.3 Å². The maximum atomic E-state index is 11.1. The van der Waals surface area contributed by atoms with Gasteiger partial charge in [0.2, 0.25) is 10.0 Å². The van der Waals surface area contributed by atoms with E-state index in [0.29, 0.717) is 11.7 Å². The lowest BCUT2D eigenvalue weighted by atomic mass is 10.1. The molecule has 0 bridgehead atoms. The van der Waals surface area contributed by atoms with Gasteiger partial charge in [-0.05, 0) is 55.4 Å². The van der Waals surface area contributed by atoms with Crippen molar-refractivity contribution in [2.45, 2.75) is 25.3 Å². The van der Waals surface area contributed by atoms with Crippen molar-refractivity contribution in [3.63, 3.8) is 0 Å². The maximum absolute atomic E-state index is 11.1. The minimum absolute atomic E-state index is 0.610. The molecule has 0 amide bonds. The molecule has 0 spiro atoms. The standard InChI is InChI=1S/C13H18N2O2S/c1-18(16,17)15-11-5-3-10(4-6-11)14-13-7-2-9-8-12(9)13/h3-6,9,12-15H,2,7-8H2,1H3. The molecule has 98 valence electrons. The molecule has 4 nitrogen and oxygen atoms in total. The number of benzene rings is 1. The Labute approximate surface area is 108 Å². The molecule has 2 aliphatic rings. The molecule has 1 aromatic rings. The van der Waals surface area contributed by atoms with Crippen LogP contribution < -0.4 is 10.0 Å². The van der Waals surface area contributed by atoms with Gasteiger partial charge in [-0.1, -0.05) is 0 Å². The molecule has 3 unspecified atom stereocenters. The zero-order valence-corrected chi connectivity index (χ0v) is 11.2. The van der Waals surface area contributed by atoms with E-state index in [1.54, 1.807) is 12.1 Å². The highest BCUT2D eigenvalue weighted by Gasteiger charge is 2.47. The Morgan fingerprint density at radius 1 is 1.11 bits per heavy atom. The molecule has 18 heavy (non-hydrogen) atoms. The van der Waals surface area contributed by atoms with Crippen LogP contribution in [-0.2, 0) is 10.0 Å². The highest BCUT2D eigenvalue weighted by Crippen LogP contribution is 2.52. The van der Waals surface area contributed by atoms with Gasteiger partial charge in [-0.2, -0.15) is 0 Å². The number of fused-ring (bicyclic) bond motifs is 1. The Bertz CT molecular complexity index is 539. The minimum Gasteiger partial charge on any atom is -0.382 e. The first-order valence-electron chi connectivity index (χ1n) is 6.36. The summed E-state index contributed by atoms with van der Waals surface area (Å²) in [6, 6.07) is 8.07. The van der Waals surface area contributed by atoms with E-state index in [2.05, 4.69) is 10.0 Å². The van der Waals surface area contributed by atoms with Crippen molar-refractivity contribution in [3.8, 4) is 0 Å². The van der Waals surface area contributed by atoms with Crippen LogP contribution >= 0.6 is 0 Å². The van der Waals surface area contributed by atoms with Crippen LogP contribution in [0.2, 0.25) is 0 Å². The smallest absolute Gasteiger partial charge is 0.229 e. The molecular formula is C13H18N2O2S. The predicted octanol–water partition coefficient (Wildman–Crippen LogP) is 2.27. The van der Waals surface area contributed by atoms with Crippen LogP contribution in [0.4, 0.5) is 11.4 Å². The first kappa shape index (κ1) is 11.8. The fourth-order valence-electron chi connectivity index (χ4n) is 2.95. The highest BCUT2D eigenvalue weighted by atomic mass is 32.2. The summed E-state index contributed by atoms with van der Waals surface area (Å²) in [5.74, 6) is 1.84. The van der Waals surface area contributed by atoms with Crippen LogP contribution in [-0.4, -0.2) is 20.7 Å². The molecule has 2 aliphatic carbocycles. The number of anilines is 2. The molecule has 0 heterocycles. The summed E-state index contributed by atoms with van der Waals surface area (Å²) in [6.45, 7) is 0. The maximum Gasteiger partial charge on any atom is 0.229 e. The normalized spacial score (nSPS) is 29.7. The van der Waals surface area contributed by atoms with Crippen molar-refractivity contribution in [3.05, 3.63) is 24.3 Å². The predicted molar refractivity (Wildman–Crippen MR) is 73.2 cm³/mol. The molecule has 1 aromatic carbocycles. The third-order valence-corrected chi connectivity index (χ3v) is 4.49. The number of sulfonamides is 1. The summed E-state index contributed by atoms with van der Waals surface area (Å²) in [5.41, 5.74) is 1.69. The van der Waals surface area contributed by atoms with Gasteiger partial charge in [-0.15, -0.1) is 0 Å². The van der Waals surface area contributed by atoms with Gasteiger partial charge in [0.25, 0.3) is 0 Å². The van der Waals surface area contributed by atoms with Crippen LogP contribution in [0.3, 0.4) is 0 Å². The van der Waals surface area contributed by atoms with E-state index in [1.807, 2.05) is 12.1 Å². The van der Waals surface area contributed by atoms with Crippen molar-refractivity contribution < 1.29 is 8.42 Å². The lowest BCUT2D eigenvalue weighted by molar-refractivity contribution is 0.607. The summed E-state index contributed by atoms with van der Waals surface area (Å²) in [5, 5.41) is 3.55. The van der Waals surface area contributed by atoms with Gasteiger partial charge < -0.3 is 5.32 Å². The Morgan fingerprint density at radius 2 is 1.78 bits per heavy atom. The fraction of sp³-hybridized carbons (Fsp3) is 0.538. The molecule has 0 aromatic heterocycles. The Hall–Kier alpha value is -1.23. The fourth-order valence-corrected chi connectivity index (χ4v) is 3.51. The van der Waals surface area contributed by atoms with E-state index in [4.69, 9.17) is 0 Å². The van der Waals surface area contributed by atoms with Crippen molar-refractivity contribution in [2.75, 3.05) is 16.3 Å². The van der Waals surface area contributed by atoms with E-state index in [9.17, 15) is 8.42 Å². The van der Waals surface area contributed by atoms with E-state index in [-0.39, 0.29) is 0 Å². The van der Waals surface area contributed by atoms with Crippen LogP contribution in [0, 0.1) is 11.8 Å². The van der Waals surface area contributed by atoms with E-state index < -0.39 is 10.0 Å².